The molecule has 4 rings (SSSR count). The van der Waals surface area contributed by atoms with E-state index in [0.29, 0.717) is 46.1 Å². The van der Waals surface area contributed by atoms with Crippen LogP contribution in [0.2, 0.25) is 10.0 Å². The molecule has 4 aromatic rings. The summed E-state index contributed by atoms with van der Waals surface area (Å²) in [6.45, 7) is 0.706. The third-order valence-corrected chi connectivity index (χ3v) is 6.71. The predicted octanol–water partition coefficient (Wildman–Crippen LogP) is 3.32. The van der Waals surface area contributed by atoms with E-state index in [2.05, 4.69) is 15.3 Å². The quantitative estimate of drug-likeness (QED) is 0.269. The molecular weight excluding hydrogens is 527 g/mol. The third-order valence-electron chi connectivity index (χ3n) is 5.17. The molecule has 0 aliphatic heterocycles. The standard InChI is InChI=1S/C23H22Cl2N6O4S/c24-18-7-4-8-19(25)20(18)17-11-14-13-28-23(29-15-5-3-6-16(12-15)36(27,33)34)30-21(14)31(22(17)32)35-10-2-1-9-26/h3-8,11-13H,1-2,9-10,26H2,(H2,27,33,34)(H,28,29,30). The molecule has 2 aromatic heterocycles. The molecule has 2 aromatic carbocycles. The highest BCUT2D eigenvalue weighted by Crippen LogP contribution is 2.33. The third kappa shape index (κ3) is 5.61. The van der Waals surface area contributed by atoms with Crippen LogP contribution in [-0.4, -0.2) is 36.3 Å². The van der Waals surface area contributed by atoms with E-state index < -0.39 is 15.6 Å². The number of rotatable bonds is 9. The Morgan fingerprint density at radius 2 is 1.78 bits per heavy atom. The van der Waals surface area contributed by atoms with Gasteiger partial charge in [-0.1, -0.05) is 35.3 Å². The van der Waals surface area contributed by atoms with Gasteiger partial charge in [-0.25, -0.2) is 18.5 Å². The van der Waals surface area contributed by atoms with Gasteiger partial charge in [-0.3, -0.25) is 4.79 Å². The fourth-order valence-electron chi connectivity index (χ4n) is 3.47. The first-order chi connectivity index (χ1) is 17.2. The Hall–Kier alpha value is -3.22. The van der Waals surface area contributed by atoms with Crippen molar-refractivity contribution in [1.82, 2.24) is 14.7 Å². The molecule has 10 nitrogen and oxygen atoms in total. The Labute approximate surface area is 216 Å². The van der Waals surface area contributed by atoms with Gasteiger partial charge in [0.15, 0.2) is 5.65 Å². The molecule has 0 atom stereocenters. The molecule has 0 radical (unpaired) electrons. The van der Waals surface area contributed by atoms with Crippen molar-refractivity contribution in [2.24, 2.45) is 10.9 Å². The van der Waals surface area contributed by atoms with Crippen molar-refractivity contribution in [1.29, 1.82) is 0 Å². The Morgan fingerprint density at radius 1 is 1.06 bits per heavy atom. The number of halogens is 2. The fraction of sp³-hybridized carbons (Fsp3) is 0.174. The Morgan fingerprint density at radius 3 is 2.47 bits per heavy atom. The SMILES string of the molecule is NCCCCOn1c(=O)c(-c2c(Cl)cccc2Cl)cc2cnc(Nc3cccc(S(N)(=O)=O)c3)nc21. The first kappa shape index (κ1) is 25.9. The number of nitrogens with zero attached hydrogens (tertiary/aromatic N) is 3. The van der Waals surface area contributed by atoms with E-state index in [0.717, 1.165) is 4.73 Å². The van der Waals surface area contributed by atoms with Crippen molar-refractivity contribution >= 4 is 55.9 Å². The molecule has 0 bridgehead atoms. The second kappa shape index (κ2) is 10.8. The normalized spacial score (nSPS) is 11.6. The number of pyridine rings is 1. The van der Waals surface area contributed by atoms with Crippen molar-refractivity contribution in [2.75, 3.05) is 18.5 Å². The summed E-state index contributed by atoms with van der Waals surface area (Å²) in [7, 11) is -3.89. The van der Waals surface area contributed by atoms with Crippen LogP contribution in [0.15, 0.2) is 64.4 Å². The van der Waals surface area contributed by atoms with Crippen molar-refractivity contribution < 1.29 is 13.3 Å². The molecule has 0 fully saturated rings. The number of hydrogen-bond acceptors (Lipinski definition) is 8. The molecular formula is C23H22Cl2N6O4S. The summed E-state index contributed by atoms with van der Waals surface area (Å²) in [6, 6.07) is 12.4. The number of hydrogen-bond donors (Lipinski definition) is 3. The lowest BCUT2D eigenvalue weighted by Crippen LogP contribution is -2.30. The zero-order valence-corrected chi connectivity index (χ0v) is 21.1. The molecule has 13 heteroatoms. The number of benzene rings is 2. The number of aromatic nitrogens is 3. The van der Waals surface area contributed by atoms with Crippen LogP contribution in [-0.2, 0) is 10.0 Å². The summed E-state index contributed by atoms with van der Waals surface area (Å²) in [4.78, 5) is 28.0. The fourth-order valence-corrected chi connectivity index (χ4v) is 4.63. The van der Waals surface area contributed by atoms with Crippen molar-refractivity contribution in [3.63, 3.8) is 0 Å². The van der Waals surface area contributed by atoms with Crippen LogP contribution in [0.4, 0.5) is 11.6 Å². The van der Waals surface area contributed by atoms with Crippen LogP contribution < -0.4 is 26.6 Å². The minimum absolute atomic E-state index is 0.0744. The summed E-state index contributed by atoms with van der Waals surface area (Å²) < 4.78 is 24.4. The predicted molar refractivity (Wildman–Crippen MR) is 140 cm³/mol. The molecule has 0 saturated carbocycles. The highest BCUT2D eigenvalue weighted by atomic mass is 35.5. The number of primary sulfonamides is 1. The number of nitrogens with one attached hydrogen (secondary N) is 1. The van der Waals surface area contributed by atoms with Gasteiger partial charge in [0.2, 0.25) is 16.0 Å². The number of fused-ring (bicyclic) bond motifs is 1. The van der Waals surface area contributed by atoms with Crippen LogP contribution in [0.5, 0.6) is 0 Å². The van der Waals surface area contributed by atoms with Gasteiger partial charge in [0.1, 0.15) is 6.61 Å². The molecule has 5 N–H and O–H groups in total. The lowest BCUT2D eigenvalue weighted by Gasteiger charge is -2.15. The van der Waals surface area contributed by atoms with E-state index in [4.69, 9.17) is 38.9 Å². The van der Waals surface area contributed by atoms with Gasteiger partial charge in [0.25, 0.3) is 5.56 Å². The minimum atomic E-state index is -3.89. The van der Waals surface area contributed by atoms with E-state index in [1.165, 1.54) is 24.4 Å². The van der Waals surface area contributed by atoms with Gasteiger partial charge in [-0.05, 0) is 55.8 Å². The van der Waals surface area contributed by atoms with Gasteiger partial charge in [-0.15, -0.1) is 4.73 Å². The molecule has 0 unspecified atom stereocenters. The lowest BCUT2D eigenvalue weighted by atomic mass is 10.1. The molecule has 0 amide bonds. The van der Waals surface area contributed by atoms with Crippen LogP contribution in [0.25, 0.3) is 22.2 Å². The maximum Gasteiger partial charge on any atom is 0.293 e. The number of nitrogens with two attached hydrogens (primary N) is 2. The van der Waals surface area contributed by atoms with Crippen LogP contribution >= 0.6 is 23.2 Å². The second-order valence-electron chi connectivity index (χ2n) is 7.75. The van der Waals surface area contributed by atoms with E-state index in [1.54, 1.807) is 30.3 Å². The number of sulfonamides is 1. The highest BCUT2D eigenvalue weighted by Gasteiger charge is 2.19. The average Bonchev–Trinajstić information content (AvgIpc) is 2.83. The van der Waals surface area contributed by atoms with E-state index >= 15 is 0 Å². The van der Waals surface area contributed by atoms with E-state index in [1.807, 2.05) is 0 Å². The van der Waals surface area contributed by atoms with E-state index in [-0.39, 0.29) is 28.7 Å². The van der Waals surface area contributed by atoms with Crippen molar-refractivity contribution in [2.45, 2.75) is 17.7 Å². The maximum atomic E-state index is 13.5. The summed E-state index contributed by atoms with van der Waals surface area (Å²) in [6.07, 6.45) is 2.84. The Kier molecular flexibility index (Phi) is 7.76. The molecule has 0 aliphatic carbocycles. The van der Waals surface area contributed by atoms with E-state index in [9.17, 15) is 13.2 Å². The summed E-state index contributed by atoms with van der Waals surface area (Å²) in [5.74, 6) is 0.108. The molecule has 36 heavy (non-hydrogen) atoms. The Bertz CT molecular complexity index is 1570. The topological polar surface area (TPSA) is 155 Å². The zero-order chi connectivity index (χ0) is 25.9. The van der Waals surface area contributed by atoms with Gasteiger partial charge in [0.05, 0.1) is 20.5 Å². The first-order valence-corrected chi connectivity index (χ1v) is 13.1. The molecule has 0 saturated heterocycles. The minimum Gasteiger partial charge on any atom is -0.409 e. The molecule has 2 heterocycles. The largest absolute Gasteiger partial charge is 0.409 e. The van der Waals surface area contributed by atoms with Crippen LogP contribution in [0, 0.1) is 0 Å². The maximum absolute atomic E-state index is 13.5. The number of unbranched alkanes of at least 4 members (excludes halogenated alkanes) is 1. The van der Waals surface area contributed by atoms with Gasteiger partial charge in [0, 0.05) is 22.8 Å². The van der Waals surface area contributed by atoms with Gasteiger partial charge >= 0.3 is 0 Å². The molecule has 188 valence electrons. The molecule has 0 spiro atoms. The summed E-state index contributed by atoms with van der Waals surface area (Å²) in [5.41, 5.74) is 6.23. The average molecular weight is 549 g/mol. The van der Waals surface area contributed by atoms with Crippen molar-refractivity contribution in [3.05, 3.63) is 75.1 Å². The monoisotopic (exact) mass is 548 g/mol. The van der Waals surface area contributed by atoms with Gasteiger partial charge in [-0.2, -0.15) is 4.98 Å². The highest BCUT2D eigenvalue weighted by molar-refractivity contribution is 7.89. The zero-order valence-electron chi connectivity index (χ0n) is 18.8. The second-order valence-corrected chi connectivity index (χ2v) is 10.1. The molecule has 0 aliphatic rings. The Balaban J connectivity index is 1.82. The van der Waals surface area contributed by atoms with Crippen LogP contribution in [0.1, 0.15) is 12.8 Å². The van der Waals surface area contributed by atoms with Gasteiger partial charge < -0.3 is 15.9 Å². The lowest BCUT2D eigenvalue weighted by molar-refractivity contribution is 0.108. The van der Waals surface area contributed by atoms with Crippen molar-refractivity contribution in [3.8, 4) is 11.1 Å². The smallest absolute Gasteiger partial charge is 0.293 e. The first-order valence-electron chi connectivity index (χ1n) is 10.8. The summed E-state index contributed by atoms with van der Waals surface area (Å²) >= 11 is 12.7. The van der Waals surface area contributed by atoms with Crippen LogP contribution in [0.3, 0.4) is 0 Å². The summed E-state index contributed by atoms with van der Waals surface area (Å²) in [5, 5.41) is 9.24. The number of anilines is 2.